The van der Waals surface area contributed by atoms with Gasteiger partial charge in [-0.25, -0.2) is 9.59 Å². The Morgan fingerprint density at radius 3 is 2.60 bits per heavy atom. The number of aryl methyl sites for hydroxylation is 2. The number of esters is 1. The van der Waals surface area contributed by atoms with E-state index in [0.717, 1.165) is 22.6 Å². The summed E-state index contributed by atoms with van der Waals surface area (Å²) in [4.78, 5) is 25.6. The maximum atomic E-state index is 13.0. The number of carbonyl (C=O) groups excluding carboxylic acids is 2. The first-order chi connectivity index (χ1) is 16.9. The summed E-state index contributed by atoms with van der Waals surface area (Å²) in [5.74, 6) is 1.21. The molecule has 1 unspecified atom stereocenters. The van der Waals surface area contributed by atoms with Gasteiger partial charge in [-0.15, -0.1) is 10.2 Å². The van der Waals surface area contributed by atoms with Gasteiger partial charge < -0.3 is 20.1 Å². The van der Waals surface area contributed by atoms with Crippen LogP contribution in [0.5, 0.6) is 5.75 Å². The van der Waals surface area contributed by atoms with Gasteiger partial charge in [0.25, 0.3) is 0 Å². The van der Waals surface area contributed by atoms with Crippen molar-refractivity contribution in [3.05, 3.63) is 76.8 Å². The van der Waals surface area contributed by atoms with Gasteiger partial charge in [0, 0.05) is 17.1 Å². The maximum absolute atomic E-state index is 13.0. The van der Waals surface area contributed by atoms with Gasteiger partial charge in [-0.2, -0.15) is 0 Å². The number of hydrogen-bond donors (Lipinski definition) is 2. The van der Waals surface area contributed by atoms with Crippen LogP contribution in [0.25, 0.3) is 5.69 Å². The van der Waals surface area contributed by atoms with Gasteiger partial charge in [0.05, 0.1) is 25.3 Å². The highest BCUT2D eigenvalue weighted by molar-refractivity contribution is 7.99. The number of thioether (sulfide) groups is 1. The van der Waals surface area contributed by atoms with Gasteiger partial charge >= 0.3 is 12.0 Å². The second-order valence-corrected chi connectivity index (χ2v) is 8.85. The van der Waals surface area contributed by atoms with Crippen molar-refractivity contribution in [3.63, 3.8) is 0 Å². The van der Waals surface area contributed by atoms with Gasteiger partial charge in [-0.05, 0) is 56.2 Å². The Hall–Kier alpha value is -3.79. The van der Waals surface area contributed by atoms with Crippen molar-refractivity contribution in [1.29, 1.82) is 0 Å². The molecular formula is C25H27N5O4S. The number of hydrogen-bond acceptors (Lipinski definition) is 7. The van der Waals surface area contributed by atoms with E-state index >= 15 is 0 Å². The quantitative estimate of drug-likeness (QED) is 0.362. The van der Waals surface area contributed by atoms with Gasteiger partial charge in [0.15, 0.2) is 5.16 Å². The van der Waals surface area contributed by atoms with Crippen LogP contribution in [0, 0.1) is 13.8 Å². The molecule has 0 bridgehead atoms. The van der Waals surface area contributed by atoms with Gasteiger partial charge in [-0.1, -0.05) is 36.0 Å². The summed E-state index contributed by atoms with van der Waals surface area (Å²) in [7, 11) is 1.58. The third-order valence-corrected chi connectivity index (χ3v) is 6.45. The fraction of sp³-hybridized carbons (Fsp3) is 0.280. The van der Waals surface area contributed by atoms with Crippen LogP contribution in [0.1, 0.15) is 29.9 Å². The van der Waals surface area contributed by atoms with E-state index in [1.165, 1.54) is 11.8 Å². The highest BCUT2D eigenvalue weighted by Crippen LogP contribution is 2.32. The molecule has 1 aliphatic heterocycles. The molecule has 4 rings (SSSR count). The Balaban J connectivity index is 1.69. The molecule has 0 saturated carbocycles. The van der Waals surface area contributed by atoms with Crippen molar-refractivity contribution < 1.29 is 19.1 Å². The van der Waals surface area contributed by atoms with E-state index in [4.69, 9.17) is 9.47 Å². The third-order valence-electron chi connectivity index (χ3n) is 5.50. The fourth-order valence-electron chi connectivity index (χ4n) is 3.87. The molecule has 1 aliphatic rings. The predicted molar refractivity (Wildman–Crippen MR) is 133 cm³/mol. The Kier molecular flexibility index (Phi) is 7.40. The minimum atomic E-state index is -0.666. The summed E-state index contributed by atoms with van der Waals surface area (Å²) in [6, 6.07) is 14.2. The Morgan fingerprint density at radius 2 is 1.91 bits per heavy atom. The molecule has 0 radical (unpaired) electrons. The molecule has 1 atom stereocenters. The zero-order chi connectivity index (χ0) is 24.9. The standard InChI is InChI=1S/C25H27N5O4S/c1-5-34-23(31)21-20(26-24(32)27-22(21)17-9-11-19(33-4)12-10-17)14-35-25-29-28-16(3)30(25)18-8-6-7-15(2)13-18/h6-13,22H,5,14H2,1-4H3,(H2,26,27,32). The third kappa shape index (κ3) is 5.32. The van der Waals surface area contributed by atoms with E-state index in [2.05, 4.69) is 26.9 Å². The molecule has 1 aromatic heterocycles. The molecule has 0 aliphatic carbocycles. The zero-order valence-electron chi connectivity index (χ0n) is 20.0. The minimum Gasteiger partial charge on any atom is -0.497 e. The van der Waals surface area contributed by atoms with Gasteiger partial charge in [0.2, 0.25) is 0 Å². The van der Waals surface area contributed by atoms with Crippen molar-refractivity contribution in [2.24, 2.45) is 0 Å². The normalized spacial score (nSPS) is 15.4. The number of urea groups is 1. The van der Waals surface area contributed by atoms with Gasteiger partial charge in [-0.3, -0.25) is 4.57 Å². The van der Waals surface area contributed by atoms with Crippen LogP contribution in [0.3, 0.4) is 0 Å². The number of ether oxygens (including phenoxy) is 2. The van der Waals surface area contributed by atoms with E-state index in [0.29, 0.717) is 22.2 Å². The molecule has 3 aromatic rings. The maximum Gasteiger partial charge on any atom is 0.338 e. The summed E-state index contributed by atoms with van der Waals surface area (Å²) in [5.41, 5.74) is 3.62. The molecule has 0 saturated heterocycles. The Morgan fingerprint density at radius 1 is 1.14 bits per heavy atom. The van der Waals surface area contributed by atoms with Crippen molar-refractivity contribution in [2.45, 2.75) is 32.0 Å². The summed E-state index contributed by atoms with van der Waals surface area (Å²) in [6.07, 6.45) is 0. The lowest BCUT2D eigenvalue weighted by atomic mass is 9.95. The summed E-state index contributed by atoms with van der Waals surface area (Å²) < 4.78 is 12.5. The lowest BCUT2D eigenvalue weighted by Gasteiger charge is -2.29. The highest BCUT2D eigenvalue weighted by atomic mass is 32.2. The number of carbonyl (C=O) groups is 2. The average Bonchev–Trinajstić information content (AvgIpc) is 3.22. The first-order valence-electron chi connectivity index (χ1n) is 11.1. The largest absolute Gasteiger partial charge is 0.497 e. The number of benzene rings is 2. The molecule has 0 fully saturated rings. The molecular weight excluding hydrogens is 466 g/mol. The first-order valence-corrected chi connectivity index (χ1v) is 12.1. The van der Waals surface area contributed by atoms with Crippen molar-refractivity contribution in [3.8, 4) is 11.4 Å². The molecule has 10 heteroatoms. The molecule has 2 heterocycles. The van der Waals surface area contributed by atoms with Crippen molar-refractivity contribution in [1.82, 2.24) is 25.4 Å². The minimum absolute atomic E-state index is 0.215. The fourth-order valence-corrected chi connectivity index (χ4v) is 4.83. The van der Waals surface area contributed by atoms with Crippen LogP contribution in [-0.4, -0.2) is 46.2 Å². The van der Waals surface area contributed by atoms with Crippen LogP contribution >= 0.6 is 11.8 Å². The SMILES string of the molecule is CCOC(=O)C1=C(CSc2nnc(C)n2-c2cccc(C)c2)NC(=O)NC1c1ccc(OC)cc1. The lowest BCUT2D eigenvalue weighted by molar-refractivity contribution is -0.139. The molecule has 9 nitrogen and oxygen atoms in total. The lowest BCUT2D eigenvalue weighted by Crippen LogP contribution is -2.46. The number of aromatic nitrogens is 3. The topological polar surface area (TPSA) is 107 Å². The van der Waals surface area contributed by atoms with E-state index < -0.39 is 18.0 Å². The summed E-state index contributed by atoms with van der Waals surface area (Å²) in [5, 5.41) is 14.9. The summed E-state index contributed by atoms with van der Waals surface area (Å²) in [6.45, 7) is 5.87. The van der Waals surface area contributed by atoms with Crippen LogP contribution in [-0.2, 0) is 9.53 Å². The molecule has 2 amide bonds. The molecule has 182 valence electrons. The van der Waals surface area contributed by atoms with Crippen molar-refractivity contribution >= 4 is 23.8 Å². The molecule has 2 N–H and O–H groups in total. The monoisotopic (exact) mass is 493 g/mol. The molecule has 0 spiro atoms. The van der Waals surface area contributed by atoms with Crippen LogP contribution in [0.2, 0.25) is 0 Å². The van der Waals surface area contributed by atoms with Crippen LogP contribution < -0.4 is 15.4 Å². The molecule has 35 heavy (non-hydrogen) atoms. The summed E-state index contributed by atoms with van der Waals surface area (Å²) >= 11 is 1.38. The smallest absolute Gasteiger partial charge is 0.338 e. The Bertz CT molecular complexity index is 1270. The van der Waals surface area contributed by atoms with E-state index in [1.54, 1.807) is 26.2 Å². The van der Waals surface area contributed by atoms with Crippen LogP contribution in [0.4, 0.5) is 4.79 Å². The first kappa shape index (κ1) is 24.3. The number of nitrogens with one attached hydrogen (secondary N) is 2. The number of amides is 2. The zero-order valence-corrected chi connectivity index (χ0v) is 20.8. The van der Waals surface area contributed by atoms with E-state index in [-0.39, 0.29) is 12.4 Å². The number of rotatable bonds is 8. The average molecular weight is 494 g/mol. The van der Waals surface area contributed by atoms with E-state index in [9.17, 15) is 9.59 Å². The second kappa shape index (κ2) is 10.6. The second-order valence-electron chi connectivity index (χ2n) is 7.91. The number of methoxy groups -OCH3 is 1. The highest BCUT2D eigenvalue weighted by Gasteiger charge is 2.34. The van der Waals surface area contributed by atoms with Crippen molar-refractivity contribution in [2.75, 3.05) is 19.5 Å². The molecule has 2 aromatic carbocycles. The Labute approximate surface area is 207 Å². The van der Waals surface area contributed by atoms with E-state index in [1.807, 2.05) is 48.7 Å². The number of nitrogens with zero attached hydrogens (tertiary/aromatic N) is 3. The predicted octanol–water partition coefficient (Wildman–Crippen LogP) is 3.86. The van der Waals surface area contributed by atoms with Crippen LogP contribution in [0.15, 0.2) is 65.0 Å². The van der Waals surface area contributed by atoms with Gasteiger partial charge in [0.1, 0.15) is 11.6 Å².